The van der Waals surface area contributed by atoms with E-state index in [0.29, 0.717) is 6.42 Å². The summed E-state index contributed by atoms with van der Waals surface area (Å²) in [6.45, 7) is 1.55. The highest BCUT2D eigenvalue weighted by Gasteiger charge is 2.22. The summed E-state index contributed by atoms with van der Waals surface area (Å²) >= 11 is 0. The number of hydrogen-bond donors (Lipinski definition) is 0. The van der Waals surface area contributed by atoms with Crippen molar-refractivity contribution in [2.24, 2.45) is 0 Å². The molecule has 3 heteroatoms. The molecule has 1 aliphatic carbocycles. The quantitative estimate of drug-likeness (QED) is 0.805. The topological polar surface area (TPSA) is 35.5 Å². The minimum absolute atomic E-state index is 0.238. The fourth-order valence-corrected chi connectivity index (χ4v) is 2.73. The molecule has 18 heavy (non-hydrogen) atoms. The molecule has 96 valence electrons. The van der Waals surface area contributed by atoms with Gasteiger partial charge in [-0.3, -0.25) is 4.79 Å². The predicted octanol–water partition coefficient (Wildman–Crippen LogP) is 2.76. The van der Waals surface area contributed by atoms with Gasteiger partial charge in [-0.2, -0.15) is 0 Å². The molecule has 0 bridgehead atoms. The lowest BCUT2D eigenvalue weighted by atomic mass is 9.90. The van der Waals surface area contributed by atoms with Gasteiger partial charge in [-0.25, -0.2) is 0 Å². The summed E-state index contributed by atoms with van der Waals surface area (Å²) in [5.41, 5.74) is 1.98. The Hall–Kier alpha value is -1.35. The number of fused-ring (bicyclic) bond motifs is 1. The summed E-state index contributed by atoms with van der Waals surface area (Å²) in [4.78, 5) is 11.9. The van der Waals surface area contributed by atoms with E-state index in [-0.39, 0.29) is 11.9 Å². The molecule has 0 N–H and O–H groups in total. The zero-order valence-electron chi connectivity index (χ0n) is 10.5. The SMILES string of the molecule is O=C1CCCc2c(OC3CCOCC3)cccc21. The van der Waals surface area contributed by atoms with Gasteiger partial charge in [0.2, 0.25) is 0 Å². The highest BCUT2D eigenvalue weighted by atomic mass is 16.5. The van der Waals surface area contributed by atoms with E-state index in [9.17, 15) is 4.79 Å². The Morgan fingerprint density at radius 1 is 1.17 bits per heavy atom. The lowest BCUT2D eigenvalue weighted by molar-refractivity contribution is 0.0251. The smallest absolute Gasteiger partial charge is 0.163 e. The van der Waals surface area contributed by atoms with Gasteiger partial charge in [0.15, 0.2) is 5.78 Å². The monoisotopic (exact) mass is 246 g/mol. The normalized spacial score (nSPS) is 20.6. The number of ether oxygens (including phenoxy) is 2. The van der Waals surface area contributed by atoms with Crippen LogP contribution in [0.2, 0.25) is 0 Å². The van der Waals surface area contributed by atoms with Crippen LogP contribution in [0.5, 0.6) is 5.75 Å². The van der Waals surface area contributed by atoms with Crippen molar-refractivity contribution in [3.05, 3.63) is 29.3 Å². The van der Waals surface area contributed by atoms with Crippen LogP contribution in [0.3, 0.4) is 0 Å². The zero-order chi connectivity index (χ0) is 12.4. The maximum atomic E-state index is 11.9. The van der Waals surface area contributed by atoms with Gasteiger partial charge in [0.25, 0.3) is 0 Å². The first-order valence-electron chi connectivity index (χ1n) is 6.74. The molecule has 0 spiro atoms. The molecule has 0 unspecified atom stereocenters. The second-order valence-electron chi connectivity index (χ2n) is 4.99. The van der Waals surface area contributed by atoms with Crippen LogP contribution < -0.4 is 4.74 Å². The standard InChI is InChI=1S/C15H18O3/c16-14-5-1-4-13-12(14)3-2-6-15(13)18-11-7-9-17-10-8-11/h2-3,6,11H,1,4-5,7-10H2. The molecule has 2 aliphatic rings. The van der Waals surface area contributed by atoms with Gasteiger partial charge in [-0.05, 0) is 18.9 Å². The third-order valence-electron chi connectivity index (χ3n) is 3.73. The molecule has 1 aromatic carbocycles. The number of carbonyl (C=O) groups excluding carboxylic acids is 1. The number of rotatable bonds is 2. The molecular weight excluding hydrogens is 228 g/mol. The van der Waals surface area contributed by atoms with E-state index in [4.69, 9.17) is 9.47 Å². The van der Waals surface area contributed by atoms with Gasteiger partial charge in [-0.15, -0.1) is 0 Å². The lowest BCUT2D eigenvalue weighted by Gasteiger charge is -2.26. The van der Waals surface area contributed by atoms with E-state index in [1.165, 1.54) is 0 Å². The first-order chi connectivity index (χ1) is 8.84. The summed E-state index contributed by atoms with van der Waals surface area (Å²) in [7, 11) is 0. The van der Waals surface area contributed by atoms with Gasteiger partial charge < -0.3 is 9.47 Å². The van der Waals surface area contributed by atoms with E-state index in [2.05, 4.69) is 0 Å². The Bertz CT molecular complexity index is 447. The van der Waals surface area contributed by atoms with Gasteiger partial charge in [0, 0.05) is 30.4 Å². The van der Waals surface area contributed by atoms with Crippen LogP contribution in [0.15, 0.2) is 18.2 Å². The molecular formula is C15H18O3. The molecule has 1 saturated heterocycles. The Kier molecular flexibility index (Phi) is 3.33. The van der Waals surface area contributed by atoms with Gasteiger partial charge in [-0.1, -0.05) is 12.1 Å². The van der Waals surface area contributed by atoms with Crippen molar-refractivity contribution in [2.45, 2.75) is 38.2 Å². The van der Waals surface area contributed by atoms with Crippen LogP contribution in [0.4, 0.5) is 0 Å². The van der Waals surface area contributed by atoms with Crippen molar-refractivity contribution in [2.75, 3.05) is 13.2 Å². The molecule has 0 aromatic heterocycles. The molecule has 0 atom stereocenters. The van der Waals surface area contributed by atoms with Gasteiger partial charge >= 0.3 is 0 Å². The second-order valence-corrected chi connectivity index (χ2v) is 4.99. The molecule has 3 rings (SSSR count). The van der Waals surface area contributed by atoms with Crippen molar-refractivity contribution in [3.8, 4) is 5.75 Å². The van der Waals surface area contributed by atoms with Crippen molar-refractivity contribution in [3.63, 3.8) is 0 Å². The van der Waals surface area contributed by atoms with Crippen LogP contribution in [0.25, 0.3) is 0 Å². The van der Waals surface area contributed by atoms with Crippen molar-refractivity contribution in [1.29, 1.82) is 0 Å². The molecule has 1 heterocycles. The second kappa shape index (κ2) is 5.11. The summed E-state index contributed by atoms with van der Waals surface area (Å²) < 4.78 is 11.4. The summed E-state index contributed by atoms with van der Waals surface area (Å²) in [6, 6.07) is 5.84. The van der Waals surface area contributed by atoms with E-state index >= 15 is 0 Å². The molecule has 1 aromatic rings. The van der Waals surface area contributed by atoms with E-state index in [0.717, 1.165) is 55.8 Å². The first-order valence-corrected chi connectivity index (χ1v) is 6.74. The molecule has 1 aliphatic heterocycles. The Balaban J connectivity index is 1.83. The van der Waals surface area contributed by atoms with Gasteiger partial charge in [0.1, 0.15) is 11.9 Å². The third-order valence-corrected chi connectivity index (χ3v) is 3.73. The number of benzene rings is 1. The fourth-order valence-electron chi connectivity index (χ4n) is 2.73. The van der Waals surface area contributed by atoms with Crippen LogP contribution in [-0.4, -0.2) is 25.1 Å². The van der Waals surface area contributed by atoms with Gasteiger partial charge in [0.05, 0.1) is 13.2 Å². The molecule has 3 nitrogen and oxygen atoms in total. The lowest BCUT2D eigenvalue weighted by Crippen LogP contribution is -2.26. The summed E-state index contributed by atoms with van der Waals surface area (Å²) in [5, 5.41) is 0. The minimum atomic E-state index is 0.238. The number of ketones is 1. The zero-order valence-corrected chi connectivity index (χ0v) is 10.5. The number of Topliss-reactive ketones (excluding diaryl/α,β-unsaturated/α-hetero) is 1. The van der Waals surface area contributed by atoms with E-state index in [1.807, 2.05) is 18.2 Å². The van der Waals surface area contributed by atoms with Crippen LogP contribution in [0.1, 0.15) is 41.6 Å². The highest BCUT2D eigenvalue weighted by molar-refractivity contribution is 5.99. The van der Waals surface area contributed by atoms with E-state index < -0.39 is 0 Å². The summed E-state index contributed by atoms with van der Waals surface area (Å²) in [5.74, 6) is 1.17. The molecule has 0 saturated carbocycles. The van der Waals surface area contributed by atoms with E-state index in [1.54, 1.807) is 0 Å². The Labute approximate surface area is 107 Å². The molecule has 0 radical (unpaired) electrons. The molecule has 0 amide bonds. The van der Waals surface area contributed by atoms with Crippen molar-refractivity contribution < 1.29 is 14.3 Å². The molecule has 1 fully saturated rings. The van der Waals surface area contributed by atoms with Crippen molar-refractivity contribution in [1.82, 2.24) is 0 Å². The summed E-state index contributed by atoms with van der Waals surface area (Å²) in [6.07, 6.45) is 4.70. The maximum Gasteiger partial charge on any atom is 0.163 e. The largest absolute Gasteiger partial charge is 0.490 e. The fraction of sp³-hybridized carbons (Fsp3) is 0.533. The number of hydrogen-bond acceptors (Lipinski definition) is 3. The maximum absolute atomic E-state index is 11.9. The average molecular weight is 246 g/mol. The van der Waals surface area contributed by atoms with Crippen LogP contribution in [-0.2, 0) is 11.2 Å². The first kappa shape index (κ1) is 11.7. The minimum Gasteiger partial charge on any atom is -0.490 e. The number of carbonyl (C=O) groups is 1. The predicted molar refractivity (Wildman–Crippen MR) is 68.2 cm³/mol. The Morgan fingerprint density at radius 2 is 2.00 bits per heavy atom. The average Bonchev–Trinajstić information content (AvgIpc) is 2.41. The third kappa shape index (κ3) is 2.27. The van der Waals surface area contributed by atoms with Crippen LogP contribution >= 0.6 is 0 Å². The Morgan fingerprint density at radius 3 is 2.83 bits per heavy atom. The highest BCUT2D eigenvalue weighted by Crippen LogP contribution is 2.31. The van der Waals surface area contributed by atoms with Crippen LogP contribution in [0, 0.1) is 0 Å². The van der Waals surface area contributed by atoms with Crippen molar-refractivity contribution >= 4 is 5.78 Å².